The van der Waals surface area contributed by atoms with Crippen LogP contribution in [0.2, 0.25) is 0 Å². The highest BCUT2D eigenvalue weighted by Gasteiger charge is 2.53. The van der Waals surface area contributed by atoms with Gasteiger partial charge in [-0.25, -0.2) is 4.39 Å². The molecule has 1 aliphatic carbocycles. The number of esters is 1. The number of fused-ring (bicyclic) bond motifs is 1. The Bertz CT molecular complexity index is 1790. The second-order valence-electron chi connectivity index (χ2n) is 23.2. The first-order valence-corrected chi connectivity index (χ1v) is 26.2. The summed E-state index contributed by atoms with van der Waals surface area (Å²) in [6.07, 6.45) is -0.384. The number of likely N-dealkylation sites (N-methyl/N-ethyl adjacent to an activating group) is 1. The molecule has 0 radical (unpaired) electrons. The van der Waals surface area contributed by atoms with Crippen LogP contribution in [0.3, 0.4) is 0 Å². The van der Waals surface area contributed by atoms with E-state index in [1.165, 1.54) is 12.6 Å². The van der Waals surface area contributed by atoms with Crippen LogP contribution in [0.4, 0.5) is 10.1 Å². The number of nitrogens with zero attached hydrogens (tertiary/aromatic N) is 3. The van der Waals surface area contributed by atoms with Crippen molar-refractivity contribution in [2.45, 2.75) is 211 Å². The number of nitrogens with two attached hydrogens (primary N) is 1. The molecule has 6 rings (SSSR count). The summed E-state index contributed by atoms with van der Waals surface area (Å²) in [5.74, 6) is -0.333. The van der Waals surface area contributed by atoms with Gasteiger partial charge in [-0.2, -0.15) is 0 Å². The lowest BCUT2D eigenvalue weighted by molar-refractivity contribution is -0.262. The molecule has 5 fully saturated rings. The molecule has 70 heavy (non-hydrogen) atoms. The van der Waals surface area contributed by atoms with E-state index < -0.39 is 78.3 Å². The summed E-state index contributed by atoms with van der Waals surface area (Å²) < 4.78 is 37.2. The Labute approximate surface area is 418 Å². The van der Waals surface area contributed by atoms with Crippen LogP contribution in [0.1, 0.15) is 126 Å². The summed E-state index contributed by atoms with van der Waals surface area (Å²) in [5.41, 5.74) is 4.54. The minimum atomic E-state index is -1.69. The number of anilines is 1. The average molecular weight is 994 g/mol. The largest absolute Gasteiger partial charge is 0.459 e. The van der Waals surface area contributed by atoms with E-state index in [0.717, 1.165) is 25.1 Å². The zero-order chi connectivity index (χ0) is 52.0. The highest BCUT2D eigenvalue weighted by molar-refractivity contribution is 5.76. The summed E-state index contributed by atoms with van der Waals surface area (Å²) in [7, 11) is 3.84. The monoisotopic (exact) mass is 994 g/mol. The molecule has 1 aromatic rings. The first-order chi connectivity index (χ1) is 32.6. The molecule has 17 heteroatoms. The second-order valence-corrected chi connectivity index (χ2v) is 23.2. The Kier molecular flexibility index (Phi) is 20.5. The number of hydrogen-bond acceptors (Lipinski definition) is 15. The van der Waals surface area contributed by atoms with E-state index in [0.29, 0.717) is 75.9 Å². The van der Waals surface area contributed by atoms with E-state index in [-0.39, 0.29) is 42.4 Å². The second kappa shape index (κ2) is 24.7. The number of cyclic esters (lactones) is 1. The summed E-state index contributed by atoms with van der Waals surface area (Å²) in [6.45, 7) is 20.9. The Balaban J connectivity index is 0.000000264. The molecule has 0 spiro atoms. The van der Waals surface area contributed by atoms with Gasteiger partial charge in [0.05, 0.1) is 41.5 Å². The van der Waals surface area contributed by atoms with E-state index in [9.17, 15) is 39.5 Å². The van der Waals surface area contributed by atoms with E-state index in [4.69, 9.17) is 24.7 Å². The fourth-order valence-electron chi connectivity index (χ4n) is 12.0. The Morgan fingerprint density at radius 1 is 0.929 bits per heavy atom. The number of aliphatic hydroxyl groups is 5. The number of nitrogens with one attached hydrogen (secondary N) is 1. The minimum Gasteiger partial charge on any atom is -0.459 e. The van der Waals surface area contributed by atoms with Gasteiger partial charge in [0.25, 0.3) is 0 Å². The molecule has 5 aliphatic rings. The number of alkyl halides is 1. The van der Waals surface area contributed by atoms with Crippen LogP contribution < -0.4 is 16.0 Å². The first kappa shape index (κ1) is 58.3. The number of amides is 1. The molecule has 402 valence electrons. The van der Waals surface area contributed by atoms with E-state index in [1.807, 2.05) is 65.7 Å². The van der Waals surface area contributed by atoms with Crippen LogP contribution in [-0.2, 0) is 35.0 Å². The van der Waals surface area contributed by atoms with E-state index >= 15 is 0 Å². The van der Waals surface area contributed by atoms with Crippen LogP contribution >= 0.6 is 0 Å². The number of hydrogen-bond donors (Lipinski definition) is 7. The lowest BCUT2D eigenvalue weighted by Crippen LogP contribution is -2.59. The smallest absolute Gasteiger partial charge is 0.311 e. The fourth-order valence-corrected chi connectivity index (χ4v) is 12.0. The van der Waals surface area contributed by atoms with Crippen molar-refractivity contribution in [2.75, 3.05) is 51.8 Å². The molecule has 0 aromatic heterocycles. The van der Waals surface area contributed by atoms with Gasteiger partial charge >= 0.3 is 5.97 Å². The van der Waals surface area contributed by atoms with Crippen molar-refractivity contribution in [3.05, 3.63) is 29.8 Å². The maximum atomic E-state index is 13.6. The normalized spacial score (nSPS) is 41.6. The van der Waals surface area contributed by atoms with Gasteiger partial charge in [0.2, 0.25) is 5.91 Å². The summed E-state index contributed by atoms with van der Waals surface area (Å²) >= 11 is 0. The number of piperidine rings is 1. The number of carbonyl (C=O) groups excluding carboxylic acids is 2. The average Bonchev–Trinajstić information content (AvgIpc) is 3.62. The SMILES string of the molecule is CC[C@H]1OC(=O)C(C)[C@@H](O[C@H]2C[C@@](C)(O)CC(C)O2)[C@H](C)C[C@](C)(O)C[C@@H](C)CN(C)C(C)C(O)[C@]1(C)O.C[C@@H]1CC(N(C)CCC(=O)NC(CF)Cc2ccc(N3CC4C(N)C4C3)cc2)CC(O)O1. The van der Waals surface area contributed by atoms with Crippen LogP contribution in [0, 0.1) is 29.6 Å². The Morgan fingerprint density at radius 2 is 1.56 bits per heavy atom. The first-order valence-electron chi connectivity index (χ1n) is 26.2. The van der Waals surface area contributed by atoms with Gasteiger partial charge in [0.15, 0.2) is 12.6 Å². The van der Waals surface area contributed by atoms with Gasteiger partial charge < -0.3 is 70.2 Å². The highest BCUT2D eigenvalue weighted by Crippen LogP contribution is 2.45. The van der Waals surface area contributed by atoms with Crippen molar-refractivity contribution in [3.63, 3.8) is 0 Å². The van der Waals surface area contributed by atoms with Crippen molar-refractivity contribution in [2.24, 2.45) is 35.3 Å². The molecular weight excluding hydrogens is 902 g/mol. The Morgan fingerprint density at radius 3 is 2.14 bits per heavy atom. The third kappa shape index (κ3) is 16.0. The van der Waals surface area contributed by atoms with E-state index in [1.54, 1.807) is 20.8 Å². The van der Waals surface area contributed by atoms with E-state index in [2.05, 4.69) is 34.2 Å². The third-order valence-electron chi connectivity index (χ3n) is 16.0. The molecule has 0 bridgehead atoms. The van der Waals surface area contributed by atoms with Crippen molar-refractivity contribution in [1.29, 1.82) is 0 Å². The zero-order valence-corrected chi connectivity index (χ0v) is 44.4. The standard InChI is InChI=1S/C29H55NO8.C24H37FN4O3/c1-11-22-29(9,35)25(31)21(6)30(10)16-17(2)12-27(7,33)13-18(3)24(20(5)26(32)37-22)38-23-15-28(8,34)14-19(4)36-23;1-15-9-19(11-23(31)32-15)28(2)8-7-22(30)27-17(12-25)10-16-3-5-18(6-4-16)29-13-20-21(14-29)24(20)26/h17-25,31,33-35H,11-16H2,1-10H3;3-6,15,17,19-21,23-24,31H,7-14,26H2,1-2H3,(H,27,30)/t17-,18-,19?,20?,21?,22-,23+,24+,25?,27-,28+,29-;15-,17?,19?,20?,21?,23?,24?/m11/s1. The van der Waals surface area contributed by atoms with Gasteiger partial charge in [-0.15, -0.1) is 0 Å². The van der Waals surface area contributed by atoms with Crippen molar-refractivity contribution in [3.8, 4) is 0 Å². The predicted octanol–water partition coefficient (Wildman–Crippen LogP) is 4.14. The number of carbonyl (C=O) groups is 2. The molecule has 16 nitrogen and oxygen atoms in total. The molecule has 9 unspecified atom stereocenters. The molecule has 18 atom stereocenters. The maximum Gasteiger partial charge on any atom is 0.311 e. The van der Waals surface area contributed by atoms with Crippen LogP contribution in [-0.4, -0.2) is 178 Å². The highest BCUT2D eigenvalue weighted by atomic mass is 19.1. The summed E-state index contributed by atoms with van der Waals surface area (Å²) in [6, 6.07) is 7.84. The van der Waals surface area contributed by atoms with Gasteiger partial charge in [-0.05, 0) is 136 Å². The fraction of sp³-hybridized carbons (Fsp3) is 0.849. The number of ether oxygens (including phenoxy) is 4. The molecule has 1 saturated carbocycles. The van der Waals surface area contributed by atoms with Crippen LogP contribution in [0.5, 0.6) is 0 Å². The molecule has 4 saturated heterocycles. The maximum absolute atomic E-state index is 13.6. The predicted molar refractivity (Wildman–Crippen MR) is 267 cm³/mol. The number of halogens is 1. The van der Waals surface area contributed by atoms with Crippen LogP contribution in [0.15, 0.2) is 24.3 Å². The van der Waals surface area contributed by atoms with Gasteiger partial charge in [0.1, 0.15) is 24.5 Å². The van der Waals surface area contributed by atoms with Crippen LogP contribution in [0.25, 0.3) is 0 Å². The molecule has 1 amide bonds. The summed E-state index contributed by atoms with van der Waals surface area (Å²) in [4.78, 5) is 32.3. The van der Waals surface area contributed by atoms with Crippen molar-refractivity contribution < 1.29 is 58.5 Å². The molecule has 1 aromatic carbocycles. The minimum absolute atomic E-state index is 0.00364. The topological polar surface area (TPSA) is 220 Å². The quantitative estimate of drug-likeness (QED) is 0.147. The van der Waals surface area contributed by atoms with Gasteiger partial charge in [-0.3, -0.25) is 9.59 Å². The summed E-state index contributed by atoms with van der Waals surface area (Å²) in [5, 5.41) is 57.3. The van der Waals surface area contributed by atoms with Gasteiger partial charge in [0, 0.05) is 75.7 Å². The molecule has 4 aliphatic heterocycles. The lowest BCUT2D eigenvalue weighted by atomic mass is 9.80. The molecular formula is C53H92FN5O11. The Hall–Kier alpha value is -2.55. The van der Waals surface area contributed by atoms with Crippen molar-refractivity contribution >= 4 is 17.6 Å². The van der Waals surface area contributed by atoms with Crippen molar-refractivity contribution in [1.82, 2.24) is 15.1 Å². The molecule has 4 heterocycles. The number of benzene rings is 1. The number of rotatable bonds is 12. The zero-order valence-electron chi connectivity index (χ0n) is 44.4. The van der Waals surface area contributed by atoms with Gasteiger partial charge in [-0.1, -0.05) is 32.9 Å². The number of aliphatic hydroxyl groups excluding tert-OH is 2. The third-order valence-corrected chi connectivity index (χ3v) is 16.0. The molecule has 8 N–H and O–H groups in total. The lowest BCUT2D eigenvalue weighted by Gasteiger charge is -2.42.